The molecule has 1 saturated heterocycles. The van der Waals surface area contributed by atoms with Crippen LogP contribution in [0.1, 0.15) is 23.2 Å². The number of likely N-dealkylation sites (N-methyl/N-ethyl adjacent to an activating group) is 1. The van der Waals surface area contributed by atoms with Gasteiger partial charge in [-0.25, -0.2) is 4.39 Å². The molecule has 1 fully saturated rings. The lowest BCUT2D eigenvalue weighted by molar-refractivity contribution is -0.121. The smallest absolute Gasteiger partial charge is 0.253 e. The number of carbonyl (C=O) groups excluding carboxylic acids is 3. The number of carbonyl (C=O) groups is 3. The molecule has 0 saturated carbocycles. The van der Waals surface area contributed by atoms with Crippen molar-refractivity contribution < 1.29 is 18.8 Å². The minimum absolute atomic E-state index is 0.00316. The van der Waals surface area contributed by atoms with Gasteiger partial charge in [-0.05, 0) is 55.6 Å². The minimum Gasteiger partial charge on any atom is -0.336 e. The van der Waals surface area contributed by atoms with Gasteiger partial charge in [0, 0.05) is 56.0 Å². The monoisotopic (exact) mass is 412 g/mol. The third-order valence-corrected chi connectivity index (χ3v) is 4.91. The third-order valence-electron chi connectivity index (χ3n) is 4.91. The van der Waals surface area contributed by atoms with E-state index in [-0.39, 0.29) is 36.4 Å². The van der Waals surface area contributed by atoms with Crippen molar-refractivity contribution in [3.8, 4) is 0 Å². The zero-order valence-corrected chi connectivity index (χ0v) is 16.9. The van der Waals surface area contributed by atoms with Crippen molar-refractivity contribution in [1.29, 1.82) is 0 Å². The number of amides is 3. The maximum Gasteiger partial charge on any atom is 0.253 e. The van der Waals surface area contributed by atoms with E-state index >= 15 is 0 Å². The normalized spacial score (nSPS) is 14.3. The van der Waals surface area contributed by atoms with Crippen LogP contribution in [0.25, 0.3) is 0 Å². The number of hydrogen-bond donors (Lipinski definition) is 2. The quantitative estimate of drug-likeness (QED) is 0.764. The summed E-state index contributed by atoms with van der Waals surface area (Å²) in [5.74, 6) is -1.03. The van der Waals surface area contributed by atoms with Crippen LogP contribution in [0.4, 0.5) is 15.8 Å². The average Bonchev–Trinajstić information content (AvgIpc) is 2.74. The summed E-state index contributed by atoms with van der Waals surface area (Å²) in [4.78, 5) is 40.6. The molecule has 3 rings (SSSR count). The molecule has 8 heteroatoms. The Hall–Kier alpha value is -3.26. The van der Waals surface area contributed by atoms with Crippen LogP contribution in [0.5, 0.6) is 0 Å². The molecule has 2 N–H and O–H groups in total. The first-order valence-corrected chi connectivity index (χ1v) is 9.84. The minimum atomic E-state index is -0.386. The Kier molecular flexibility index (Phi) is 7.13. The van der Waals surface area contributed by atoms with Gasteiger partial charge in [-0.2, -0.15) is 0 Å². The van der Waals surface area contributed by atoms with E-state index in [9.17, 15) is 18.8 Å². The lowest BCUT2D eigenvalue weighted by Gasteiger charge is -2.32. The fourth-order valence-electron chi connectivity index (χ4n) is 3.10. The predicted octanol–water partition coefficient (Wildman–Crippen LogP) is 2.57. The molecule has 0 aromatic heterocycles. The highest BCUT2D eigenvalue weighted by Crippen LogP contribution is 2.14. The van der Waals surface area contributed by atoms with Crippen LogP contribution < -0.4 is 10.6 Å². The van der Waals surface area contributed by atoms with Crippen LogP contribution >= 0.6 is 0 Å². The second kappa shape index (κ2) is 9.98. The van der Waals surface area contributed by atoms with Gasteiger partial charge in [0.25, 0.3) is 5.91 Å². The molecule has 0 radical (unpaired) electrons. The predicted molar refractivity (Wildman–Crippen MR) is 113 cm³/mol. The van der Waals surface area contributed by atoms with Crippen LogP contribution in [0, 0.1) is 5.82 Å². The summed E-state index contributed by atoms with van der Waals surface area (Å²) in [6.45, 7) is 3.12. The Balaban J connectivity index is 1.44. The van der Waals surface area contributed by atoms with E-state index in [2.05, 4.69) is 15.5 Å². The summed E-state index contributed by atoms with van der Waals surface area (Å²) in [6.07, 6.45) is 0.0121. The van der Waals surface area contributed by atoms with Crippen molar-refractivity contribution in [3.63, 3.8) is 0 Å². The van der Waals surface area contributed by atoms with E-state index in [1.165, 1.54) is 24.3 Å². The number of nitrogens with zero attached hydrogens (tertiary/aromatic N) is 2. The lowest BCUT2D eigenvalue weighted by Crippen LogP contribution is -2.47. The molecule has 0 atom stereocenters. The first kappa shape index (κ1) is 21.4. The van der Waals surface area contributed by atoms with Gasteiger partial charge < -0.3 is 20.4 Å². The van der Waals surface area contributed by atoms with E-state index in [0.717, 1.165) is 13.1 Å². The topological polar surface area (TPSA) is 81.8 Å². The van der Waals surface area contributed by atoms with Gasteiger partial charge in [-0.3, -0.25) is 14.4 Å². The molecule has 2 aromatic carbocycles. The highest BCUT2D eigenvalue weighted by Gasteiger charge is 2.20. The van der Waals surface area contributed by atoms with Crippen LogP contribution in [-0.4, -0.2) is 60.7 Å². The molecule has 1 aliphatic heterocycles. The molecular weight excluding hydrogens is 387 g/mol. The maximum atomic E-state index is 12.9. The number of benzene rings is 2. The molecular formula is C22H25FN4O3. The fourth-order valence-corrected chi connectivity index (χ4v) is 3.10. The zero-order chi connectivity index (χ0) is 21.5. The molecule has 3 amide bonds. The van der Waals surface area contributed by atoms with Crippen molar-refractivity contribution in [2.45, 2.75) is 12.8 Å². The van der Waals surface area contributed by atoms with E-state index < -0.39 is 0 Å². The summed E-state index contributed by atoms with van der Waals surface area (Å²) in [6, 6.07) is 12.2. The second-order valence-electron chi connectivity index (χ2n) is 7.28. The molecule has 0 spiro atoms. The van der Waals surface area contributed by atoms with Gasteiger partial charge in [0.2, 0.25) is 11.8 Å². The number of anilines is 2. The van der Waals surface area contributed by atoms with Gasteiger partial charge in [0.15, 0.2) is 0 Å². The SMILES string of the molecule is CN1CCN(C(=O)c2ccc(NC(=O)CCC(=O)Nc3ccc(F)cc3)cc2)CC1. The largest absolute Gasteiger partial charge is 0.336 e. The van der Waals surface area contributed by atoms with E-state index in [4.69, 9.17) is 0 Å². The van der Waals surface area contributed by atoms with E-state index in [1.54, 1.807) is 24.3 Å². The van der Waals surface area contributed by atoms with Crippen molar-refractivity contribution >= 4 is 29.1 Å². The molecule has 158 valence electrons. The van der Waals surface area contributed by atoms with Crippen LogP contribution in [0.3, 0.4) is 0 Å². The fraction of sp³-hybridized carbons (Fsp3) is 0.318. The van der Waals surface area contributed by atoms with Gasteiger partial charge >= 0.3 is 0 Å². The molecule has 0 bridgehead atoms. The van der Waals surface area contributed by atoms with Crippen LogP contribution in [0.15, 0.2) is 48.5 Å². The molecule has 1 aliphatic rings. The molecule has 0 unspecified atom stereocenters. The van der Waals surface area contributed by atoms with Crippen LogP contribution in [-0.2, 0) is 9.59 Å². The Labute approximate surface area is 174 Å². The first-order valence-electron chi connectivity index (χ1n) is 9.84. The Morgan fingerprint density at radius 1 is 0.800 bits per heavy atom. The second-order valence-corrected chi connectivity index (χ2v) is 7.28. The van der Waals surface area contributed by atoms with Crippen molar-refractivity contribution in [2.24, 2.45) is 0 Å². The first-order chi connectivity index (χ1) is 14.4. The maximum absolute atomic E-state index is 12.9. The van der Waals surface area contributed by atoms with Gasteiger partial charge in [-0.1, -0.05) is 0 Å². The summed E-state index contributed by atoms with van der Waals surface area (Å²) in [5, 5.41) is 5.33. The molecule has 7 nitrogen and oxygen atoms in total. The highest BCUT2D eigenvalue weighted by atomic mass is 19.1. The lowest BCUT2D eigenvalue weighted by atomic mass is 10.1. The summed E-state index contributed by atoms with van der Waals surface area (Å²) in [7, 11) is 2.03. The molecule has 1 heterocycles. The summed E-state index contributed by atoms with van der Waals surface area (Å²) >= 11 is 0. The zero-order valence-electron chi connectivity index (χ0n) is 16.9. The standard InChI is InChI=1S/C22H25FN4O3/c1-26-12-14-27(15-13-26)22(30)16-2-6-18(7-3-16)24-20(28)10-11-21(29)25-19-8-4-17(23)5-9-19/h2-9H,10-15H2,1H3,(H,24,28)(H,25,29). The third kappa shape index (κ3) is 6.12. The van der Waals surface area contributed by atoms with Crippen molar-refractivity contribution in [3.05, 3.63) is 59.9 Å². The molecule has 2 aromatic rings. The van der Waals surface area contributed by atoms with Gasteiger partial charge in [-0.15, -0.1) is 0 Å². The molecule has 30 heavy (non-hydrogen) atoms. The highest BCUT2D eigenvalue weighted by molar-refractivity contribution is 5.98. The van der Waals surface area contributed by atoms with Gasteiger partial charge in [0.05, 0.1) is 0 Å². The van der Waals surface area contributed by atoms with Crippen molar-refractivity contribution in [1.82, 2.24) is 9.80 Å². The number of halogens is 1. The number of nitrogens with one attached hydrogen (secondary N) is 2. The Bertz CT molecular complexity index is 892. The number of rotatable bonds is 6. The number of piperazine rings is 1. The molecule has 0 aliphatic carbocycles. The van der Waals surface area contributed by atoms with Crippen LogP contribution in [0.2, 0.25) is 0 Å². The number of hydrogen-bond acceptors (Lipinski definition) is 4. The van der Waals surface area contributed by atoms with Gasteiger partial charge in [0.1, 0.15) is 5.82 Å². The Morgan fingerprint density at radius 2 is 1.27 bits per heavy atom. The summed E-state index contributed by atoms with van der Waals surface area (Å²) < 4.78 is 12.9. The Morgan fingerprint density at radius 3 is 1.77 bits per heavy atom. The van der Waals surface area contributed by atoms with E-state index in [0.29, 0.717) is 30.0 Å². The van der Waals surface area contributed by atoms with Crippen molar-refractivity contribution in [2.75, 3.05) is 43.9 Å². The average molecular weight is 412 g/mol. The summed E-state index contributed by atoms with van der Waals surface area (Å²) in [5.41, 5.74) is 1.62. The van der Waals surface area contributed by atoms with E-state index in [1.807, 2.05) is 11.9 Å².